The third-order valence-electron chi connectivity index (χ3n) is 4.42. The highest BCUT2D eigenvalue weighted by Crippen LogP contribution is 2.27. The van der Waals surface area contributed by atoms with Crippen LogP contribution in [0.15, 0.2) is 66.2 Å². The summed E-state index contributed by atoms with van der Waals surface area (Å²) < 4.78 is 0. The lowest BCUT2D eigenvalue weighted by atomic mass is 10.3. The molecule has 0 fully saturated rings. The molecule has 0 N–H and O–H groups in total. The fourth-order valence-electron chi connectivity index (χ4n) is 2.76. The first-order chi connectivity index (χ1) is 9.60. The van der Waals surface area contributed by atoms with Crippen LogP contribution in [0.4, 0.5) is 0 Å². The summed E-state index contributed by atoms with van der Waals surface area (Å²) in [4.78, 5) is 11.1. The molecule has 0 saturated carbocycles. The van der Waals surface area contributed by atoms with E-state index in [1.165, 1.54) is 10.4 Å². The van der Waals surface area contributed by atoms with Gasteiger partial charge in [0.1, 0.15) is 14.0 Å². The summed E-state index contributed by atoms with van der Waals surface area (Å²) in [7, 11) is -1.99. The predicted molar refractivity (Wildman–Crippen MR) is 88.1 cm³/mol. The fraction of sp³-hybridized carbons (Fsp3) is 0.222. The maximum absolute atomic E-state index is 11.1. The maximum Gasteiger partial charge on any atom is 0.123 e. The zero-order valence-electron chi connectivity index (χ0n) is 12.3. The molecule has 1 atom stereocenters. The summed E-state index contributed by atoms with van der Waals surface area (Å²) >= 11 is 0. The zero-order chi connectivity index (χ0) is 14.6. The molecule has 0 aliphatic carbocycles. The first kappa shape index (κ1) is 14.5. The van der Waals surface area contributed by atoms with Crippen LogP contribution in [0.5, 0.6) is 0 Å². The molecule has 0 spiro atoms. The zero-order valence-corrected chi connectivity index (χ0v) is 13.3. The molecular formula is C18H20OSi. The van der Waals surface area contributed by atoms with E-state index in [4.69, 9.17) is 0 Å². The van der Waals surface area contributed by atoms with Gasteiger partial charge in [-0.15, -0.1) is 0 Å². The van der Waals surface area contributed by atoms with E-state index in [-0.39, 0.29) is 5.54 Å². The van der Waals surface area contributed by atoms with Crippen molar-refractivity contribution < 1.29 is 4.79 Å². The first-order valence-corrected chi connectivity index (χ1v) is 9.51. The van der Waals surface area contributed by atoms with Crippen molar-refractivity contribution in [2.75, 3.05) is 0 Å². The van der Waals surface area contributed by atoms with E-state index in [1.807, 2.05) is 19.1 Å². The molecule has 0 amide bonds. The summed E-state index contributed by atoms with van der Waals surface area (Å²) in [5, 5.41) is 2.71. The van der Waals surface area contributed by atoms with Gasteiger partial charge in [-0.3, -0.25) is 0 Å². The number of hydrogen-bond donors (Lipinski definition) is 0. The van der Waals surface area contributed by atoms with Crippen LogP contribution in [0.2, 0.25) is 12.1 Å². The largest absolute Gasteiger partial charge is 0.234 e. The van der Waals surface area contributed by atoms with E-state index in [2.05, 4.69) is 67.9 Å². The lowest BCUT2D eigenvalue weighted by Crippen LogP contribution is -2.58. The first-order valence-electron chi connectivity index (χ1n) is 6.93. The monoisotopic (exact) mass is 280 g/mol. The molecule has 102 valence electrons. The molecule has 0 aliphatic rings. The molecule has 0 aliphatic heterocycles. The average Bonchev–Trinajstić information content (AvgIpc) is 2.54. The van der Waals surface area contributed by atoms with Gasteiger partial charge >= 0.3 is 0 Å². The Bertz CT molecular complexity index is 573. The minimum absolute atomic E-state index is 0.227. The van der Waals surface area contributed by atoms with Gasteiger partial charge in [-0.2, -0.15) is 0 Å². The molecule has 20 heavy (non-hydrogen) atoms. The van der Waals surface area contributed by atoms with Crippen molar-refractivity contribution in [2.24, 2.45) is 0 Å². The second kappa shape index (κ2) is 6.04. The van der Waals surface area contributed by atoms with Gasteiger partial charge in [0.05, 0.1) is 0 Å². The van der Waals surface area contributed by atoms with Gasteiger partial charge in [0, 0.05) is 5.57 Å². The van der Waals surface area contributed by atoms with Gasteiger partial charge < -0.3 is 0 Å². The topological polar surface area (TPSA) is 17.1 Å². The molecule has 1 unspecified atom stereocenters. The SMILES string of the molecule is CC(=C=O)C(C)[Si](C)(c1ccccc1)c1ccccc1. The molecule has 0 bridgehead atoms. The predicted octanol–water partition coefficient (Wildman–Crippen LogP) is 3.05. The summed E-state index contributed by atoms with van der Waals surface area (Å²) in [5.41, 5.74) is 1.04. The molecule has 2 aromatic carbocycles. The normalized spacial score (nSPS) is 12.6. The van der Waals surface area contributed by atoms with Gasteiger partial charge in [0.25, 0.3) is 0 Å². The van der Waals surface area contributed by atoms with E-state index in [0.29, 0.717) is 0 Å². The Morgan fingerprint density at radius 2 is 1.35 bits per heavy atom. The minimum Gasteiger partial charge on any atom is -0.234 e. The summed E-state index contributed by atoms with van der Waals surface area (Å²) in [6.07, 6.45) is 0. The van der Waals surface area contributed by atoms with Gasteiger partial charge in [-0.25, -0.2) is 4.79 Å². The maximum atomic E-state index is 11.1. The van der Waals surface area contributed by atoms with Crippen LogP contribution in [0.25, 0.3) is 0 Å². The van der Waals surface area contributed by atoms with E-state index in [0.717, 1.165) is 5.57 Å². The standard InChI is InChI=1S/C18H20OSi/c1-15(14-19)16(2)20(3,17-10-6-4-7-11-17)18-12-8-5-9-13-18/h4-13,16H,1-3H3. The molecule has 2 rings (SSSR count). The highest BCUT2D eigenvalue weighted by atomic mass is 28.3. The van der Waals surface area contributed by atoms with Crippen molar-refractivity contribution in [2.45, 2.75) is 25.9 Å². The Kier molecular flexibility index (Phi) is 4.38. The molecule has 0 heterocycles. The van der Waals surface area contributed by atoms with Crippen LogP contribution in [0.1, 0.15) is 13.8 Å². The van der Waals surface area contributed by atoms with Crippen molar-refractivity contribution in [1.29, 1.82) is 0 Å². The molecule has 2 heteroatoms. The van der Waals surface area contributed by atoms with Gasteiger partial charge in [-0.05, 0) is 12.5 Å². The van der Waals surface area contributed by atoms with Gasteiger partial charge in [0.15, 0.2) is 0 Å². The second-order valence-corrected chi connectivity index (χ2v) is 9.87. The number of carbonyl (C=O) groups excluding carboxylic acids is 1. The van der Waals surface area contributed by atoms with Crippen molar-refractivity contribution in [3.05, 3.63) is 66.2 Å². The van der Waals surface area contributed by atoms with Crippen LogP contribution in [-0.2, 0) is 4.79 Å². The smallest absolute Gasteiger partial charge is 0.123 e. The van der Waals surface area contributed by atoms with Gasteiger partial charge in [0.2, 0.25) is 0 Å². The van der Waals surface area contributed by atoms with Crippen molar-refractivity contribution in [3.8, 4) is 0 Å². The Balaban J connectivity index is 2.64. The average molecular weight is 280 g/mol. The van der Waals surface area contributed by atoms with E-state index in [9.17, 15) is 4.79 Å². The summed E-state index contributed by atoms with van der Waals surface area (Å²) in [6, 6.07) is 21.1. The number of allylic oxidation sites excluding steroid dienone is 1. The third-order valence-corrected chi connectivity index (χ3v) is 9.65. The Morgan fingerprint density at radius 1 is 0.950 bits per heavy atom. The fourth-order valence-corrected chi connectivity index (χ4v) is 6.78. The minimum atomic E-state index is -1.99. The lowest BCUT2D eigenvalue weighted by Gasteiger charge is -2.34. The van der Waals surface area contributed by atoms with E-state index >= 15 is 0 Å². The second-order valence-electron chi connectivity index (χ2n) is 5.44. The van der Waals surface area contributed by atoms with Crippen LogP contribution >= 0.6 is 0 Å². The van der Waals surface area contributed by atoms with Crippen LogP contribution in [0.3, 0.4) is 0 Å². The highest BCUT2D eigenvalue weighted by Gasteiger charge is 2.38. The Labute approximate surface area is 122 Å². The molecule has 0 aromatic heterocycles. The molecular weight excluding hydrogens is 260 g/mol. The molecule has 0 saturated heterocycles. The summed E-state index contributed by atoms with van der Waals surface area (Å²) in [5.74, 6) is 2.11. The van der Waals surface area contributed by atoms with Crippen LogP contribution in [-0.4, -0.2) is 14.0 Å². The van der Waals surface area contributed by atoms with E-state index in [1.54, 1.807) is 0 Å². The number of benzene rings is 2. The molecule has 0 radical (unpaired) electrons. The summed E-state index contributed by atoms with van der Waals surface area (Å²) in [6.45, 7) is 6.39. The van der Waals surface area contributed by atoms with Crippen molar-refractivity contribution in [3.63, 3.8) is 0 Å². The van der Waals surface area contributed by atoms with Gasteiger partial charge in [-0.1, -0.05) is 84.5 Å². The Morgan fingerprint density at radius 3 is 1.70 bits per heavy atom. The Hall–Kier alpha value is -1.89. The molecule has 1 nitrogen and oxygen atoms in total. The molecule has 2 aromatic rings. The van der Waals surface area contributed by atoms with Crippen LogP contribution in [0, 0.1) is 0 Å². The lowest BCUT2D eigenvalue weighted by molar-refractivity contribution is 0.566. The van der Waals surface area contributed by atoms with E-state index < -0.39 is 8.07 Å². The third kappa shape index (κ3) is 2.53. The van der Waals surface area contributed by atoms with Crippen LogP contribution < -0.4 is 10.4 Å². The highest BCUT2D eigenvalue weighted by molar-refractivity contribution is 7.02. The number of hydrogen-bond acceptors (Lipinski definition) is 1. The number of rotatable bonds is 4. The van der Waals surface area contributed by atoms with Crippen molar-refractivity contribution >= 4 is 24.4 Å². The van der Waals surface area contributed by atoms with Crippen molar-refractivity contribution in [1.82, 2.24) is 0 Å². The quantitative estimate of drug-likeness (QED) is 0.621.